The second-order valence-corrected chi connectivity index (χ2v) is 5.66. The molecule has 0 amide bonds. The smallest absolute Gasteiger partial charge is 0.0925 e. The van der Waals surface area contributed by atoms with Crippen LogP contribution in [-0.4, -0.2) is 6.61 Å². The minimum atomic E-state index is -0.0174. The zero-order valence-electron chi connectivity index (χ0n) is 10.1. The third-order valence-electron chi connectivity index (χ3n) is 3.36. The first-order valence-electron chi connectivity index (χ1n) is 5.67. The van der Waals surface area contributed by atoms with Gasteiger partial charge in [-0.05, 0) is 23.5 Å². The van der Waals surface area contributed by atoms with Crippen molar-refractivity contribution in [2.24, 2.45) is 0 Å². The Kier molecular flexibility index (Phi) is 2.38. The van der Waals surface area contributed by atoms with Gasteiger partial charge in [0.1, 0.15) is 0 Å². The van der Waals surface area contributed by atoms with E-state index in [9.17, 15) is 0 Å². The molecule has 0 saturated carbocycles. The SMILES string of the molecule is CC(C)(C)c1ccc(C2(C)CCO2)cc1. The molecule has 0 radical (unpaired) electrons. The minimum absolute atomic E-state index is 0.0174. The summed E-state index contributed by atoms with van der Waals surface area (Å²) >= 11 is 0. The lowest BCUT2D eigenvalue weighted by Gasteiger charge is -2.39. The molecule has 1 heterocycles. The Balaban J connectivity index is 2.24. The topological polar surface area (TPSA) is 9.23 Å². The first kappa shape index (κ1) is 10.7. The Morgan fingerprint density at radius 1 is 1.13 bits per heavy atom. The van der Waals surface area contributed by atoms with Gasteiger partial charge in [0.2, 0.25) is 0 Å². The van der Waals surface area contributed by atoms with Crippen molar-refractivity contribution in [3.63, 3.8) is 0 Å². The maximum Gasteiger partial charge on any atom is 0.0925 e. The summed E-state index contributed by atoms with van der Waals surface area (Å²) in [5, 5.41) is 0. The van der Waals surface area contributed by atoms with Crippen molar-refractivity contribution < 1.29 is 4.74 Å². The van der Waals surface area contributed by atoms with E-state index in [0.717, 1.165) is 13.0 Å². The average Bonchev–Trinajstić information content (AvgIpc) is 2.13. The van der Waals surface area contributed by atoms with Crippen LogP contribution in [0, 0.1) is 0 Å². The van der Waals surface area contributed by atoms with E-state index in [1.165, 1.54) is 11.1 Å². The van der Waals surface area contributed by atoms with Crippen LogP contribution in [0.1, 0.15) is 45.2 Å². The third-order valence-corrected chi connectivity index (χ3v) is 3.36. The Bertz CT molecular complexity index is 339. The van der Waals surface area contributed by atoms with E-state index < -0.39 is 0 Å². The van der Waals surface area contributed by atoms with Crippen LogP contribution in [0.5, 0.6) is 0 Å². The summed E-state index contributed by atoms with van der Waals surface area (Å²) in [5.41, 5.74) is 2.91. The van der Waals surface area contributed by atoms with Crippen LogP contribution in [-0.2, 0) is 15.8 Å². The van der Waals surface area contributed by atoms with Gasteiger partial charge in [0, 0.05) is 6.42 Å². The molecule has 2 rings (SSSR count). The van der Waals surface area contributed by atoms with E-state index in [2.05, 4.69) is 52.0 Å². The van der Waals surface area contributed by atoms with Gasteiger partial charge in [0.25, 0.3) is 0 Å². The number of hydrogen-bond acceptors (Lipinski definition) is 1. The molecule has 1 aromatic carbocycles. The van der Waals surface area contributed by atoms with Crippen LogP contribution >= 0.6 is 0 Å². The van der Waals surface area contributed by atoms with E-state index in [-0.39, 0.29) is 11.0 Å². The zero-order chi connectivity index (χ0) is 11.1. The molecule has 1 aliphatic rings. The molecule has 0 aromatic heterocycles. The van der Waals surface area contributed by atoms with Crippen LogP contribution in [0.3, 0.4) is 0 Å². The third kappa shape index (κ3) is 1.93. The summed E-state index contributed by atoms with van der Waals surface area (Å²) in [6, 6.07) is 8.87. The summed E-state index contributed by atoms with van der Waals surface area (Å²) in [5.74, 6) is 0. The standard InChI is InChI=1S/C14H20O/c1-13(2,3)11-5-7-12(8-6-11)14(4)9-10-15-14/h5-8H,9-10H2,1-4H3. The summed E-state index contributed by atoms with van der Waals surface area (Å²) in [6.45, 7) is 9.79. The van der Waals surface area contributed by atoms with Crippen molar-refractivity contribution in [1.29, 1.82) is 0 Å². The molecule has 1 unspecified atom stereocenters. The summed E-state index contributed by atoms with van der Waals surface area (Å²) in [6.07, 6.45) is 1.14. The molecule has 1 aliphatic heterocycles. The fraction of sp³-hybridized carbons (Fsp3) is 0.571. The first-order valence-corrected chi connectivity index (χ1v) is 5.67. The van der Waals surface area contributed by atoms with E-state index in [1.807, 2.05) is 0 Å². The van der Waals surface area contributed by atoms with Crippen molar-refractivity contribution in [2.45, 2.75) is 45.1 Å². The van der Waals surface area contributed by atoms with Crippen LogP contribution in [0.15, 0.2) is 24.3 Å². The van der Waals surface area contributed by atoms with E-state index >= 15 is 0 Å². The molecule has 1 aromatic rings. The second-order valence-electron chi connectivity index (χ2n) is 5.66. The molecule has 0 bridgehead atoms. The molecule has 1 heteroatoms. The molecule has 0 spiro atoms. The van der Waals surface area contributed by atoms with Gasteiger partial charge in [-0.3, -0.25) is 0 Å². The number of rotatable bonds is 1. The van der Waals surface area contributed by atoms with Gasteiger partial charge < -0.3 is 4.74 Å². The Labute approximate surface area is 92.5 Å². The lowest BCUT2D eigenvalue weighted by molar-refractivity contribution is -0.140. The van der Waals surface area contributed by atoms with Gasteiger partial charge in [-0.1, -0.05) is 45.0 Å². The molecule has 1 fully saturated rings. The van der Waals surface area contributed by atoms with E-state index in [1.54, 1.807) is 0 Å². The maximum atomic E-state index is 5.63. The van der Waals surface area contributed by atoms with Gasteiger partial charge in [0.05, 0.1) is 12.2 Å². The molecule has 0 aliphatic carbocycles. The van der Waals surface area contributed by atoms with E-state index in [4.69, 9.17) is 4.74 Å². The quantitative estimate of drug-likeness (QED) is 0.679. The summed E-state index contributed by atoms with van der Waals surface area (Å²) in [4.78, 5) is 0. The lowest BCUT2D eigenvalue weighted by Crippen LogP contribution is -2.37. The van der Waals surface area contributed by atoms with Crippen molar-refractivity contribution in [2.75, 3.05) is 6.61 Å². The van der Waals surface area contributed by atoms with Gasteiger partial charge >= 0.3 is 0 Å². The van der Waals surface area contributed by atoms with Gasteiger partial charge in [-0.2, -0.15) is 0 Å². The molecular formula is C14H20O. The van der Waals surface area contributed by atoms with Crippen LogP contribution < -0.4 is 0 Å². The number of ether oxygens (including phenoxy) is 1. The molecular weight excluding hydrogens is 184 g/mol. The molecule has 1 nitrogen and oxygen atoms in total. The van der Waals surface area contributed by atoms with Crippen molar-refractivity contribution in [3.05, 3.63) is 35.4 Å². The van der Waals surface area contributed by atoms with Gasteiger partial charge in [0.15, 0.2) is 0 Å². The molecule has 1 atom stereocenters. The largest absolute Gasteiger partial charge is 0.370 e. The Hall–Kier alpha value is -0.820. The van der Waals surface area contributed by atoms with Crippen LogP contribution in [0.2, 0.25) is 0 Å². The Morgan fingerprint density at radius 2 is 1.67 bits per heavy atom. The highest BCUT2D eigenvalue weighted by Crippen LogP contribution is 2.37. The van der Waals surface area contributed by atoms with Crippen molar-refractivity contribution >= 4 is 0 Å². The molecule has 0 N–H and O–H groups in total. The molecule has 1 saturated heterocycles. The maximum absolute atomic E-state index is 5.63. The zero-order valence-corrected chi connectivity index (χ0v) is 10.1. The highest BCUT2D eigenvalue weighted by molar-refractivity contribution is 5.31. The normalized spacial score (nSPS) is 26.1. The molecule has 82 valence electrons. The minimum Gasteiger partial charge on any atom is -0.370 e. The lowest BCUT2D eigenvalue weighted by atomic mass is 9.83. The number of benzene rings is 1. The predicted molar refractivity (Wildman–Crippen MR) is 63.1 cm³/mol. The fourth-order valence-corrected chi connectivity index (χ4v) is 1.96. The summed E-state index contributed by atoms with van der Waals surface area (Å²) in [7, 11) is 0. The van der Waals surface area contributed by atoms with Gasteiger partial charge in [-0.15, -0.1) is 0 Å². The Morgan fingerprint density at radius 3 is 2.00 bits per heavy atom. The average molecular weight is 204 g/mol. The summed E-state index contributed by atoms with van der Waals surface area (Å²) < 4.78 is 5.63. The monoisotopic (exact) mass is 204 g/mol. The van der Waals surface area contributed by atoms with Crippen molar-refractivity contribution in [3.8, 4) is 0 Å². The second kappa shape index (κ2) is 3.34. The highest BCUT2D eigenvalue weighted by atomic mass is 16.5. The first-order chi connectivity index (χ1) is 6.92. The number of hydrogen-bond donors (Lipinski definition) is 0. The fourth-order valence-electron chi connectivity index (χ4n) is 1.96. The van der Waals surface area contributed by atoms with Crippen molar-refractivity contribution in [1.82, 2.24) is 0 Å². The predicted octanol–water partition coefficient (Wildman–Crippen LogP) is 3.62. The molecule has 15 heavy (non-hydrogen) atoms. The van der Waals surface area contributed by atoms with Crippen LogP contribution in [0.4, 0.5) is 0 Å². The van der Waals surface area contributed by atoms with E-state index in [0.29, 0.717) is 0 Å². The highest BCUT2D eigenvalue weighted by Gasteiger charge is 2.34. The van der Waals surface area contributed by atoms with Crippen LogP contribution in [0.25, 0.3) is 0 Å². The van der Waals surface area contributed by atoms with Gasteiger partial charge in [-0.25, -0.2) is 0 Å².